The van der Waals surface area contributed by atoms with Crippen molar-refractivity contribution in [2.45, 2.75) is 33.6 Å². The molecule has 1 aliphatic rings. The number of carbonyl (C=O) groups is 1. The first kappa shape index (κ1) is 17.7. The van der Waals surface area contributed by atoms with Crippen LogP contribution in [0.4, 0.5) is 0 Å². The standard InChI is InChI=1S/C18H29NO2/c1-6-7-8-9-16-10-11-19(13-17(20)21-5)14-18(3,4)15(2)12-16/h6,8-9,12,15H,1,7,10-11,13-14H2,2-5H3/b9-8-,16-12-. The van der Waals surface area contributed by atoms with Crippen LogP contribution in [0.1, 0.15) is 33.6 Å². The lowest BCUT2D eigenvalue weighted by Crippen LogP contribution is -2.42. The molecule has 0 fully saturated rings. The first-order valence-electron chi connectivity index (χ1n) is 7.66. The summed E-state index contributed by atoms with van der Waals surface area (Å²) in [6.45, 7) is 12.7. The molecule has 118 valence electrons. The molecule has 1 atom stereocenters. The van der Waals surface area contributed by atoms with Crippen molar-refractivity contribution in [3.63, 3.8) is 0 Å². The Bertz CT molecular complexity index is 421. The van der Waals surface area contributed by atoms with Crippen LogP contribution in [-0.2, 0) is 9.53 Å². The fourth-order valence-electron chi connectivity index (χ4n) is 2.55. The lowest BCUT2D eigenvalue weighted by atomic mass is 9.77. The van der Waals surface area contributed by atoms with Crippen LogP contribution in [0.5, 0.6) is 0 Å². The highest BCUT2D eigenvalue weighted by molar-refractivity contribution is 5.71. The number of methoxy groups -OCH3 is 1. The van der Waals surface area contributed by atoms with Crippen molar-refractivity contribution >= 4 is 5.97 Å². The van der Waals surface area contributed by atoms with Crippen LogP contribution in [0.3, 0.4) is 0 Å². The molecule has 0 aromatic heterocycles. The Labute approximate surface area is 129 Å². The van der Waals surface area contributed by atoms with Gasteiger partial charge in [0.25, 0.3) is 0 Å². The summed E-state index contributed by atoms with van der Waals surface area (Å²) < 4.78 is 4.81. The minimum Gasteiger partial charge on any atom is -0.468 e. The van der Waals surface area contributed by atoms with Crippen molar-refractivity contribution in [3.8, 4) is 0 Å². The Kier molecular flexibility index (Phi) is 6.90. The summed E-state index contributed by atoms with van der Waals surface area (Å²) in [7, 11) is 1.45. The third-order valence-corrected chi connectivity index (χ3v) is 4.26. The van der Waals surface area contributed by atoms with Gasteiger partial charge in [0, 0.05) is 13.1 Å². The van der Waals surface area contributed by atoms with E-state index in [1.807, 2.05) is 6.08 Å². The summed E-state index contributed by atoms with van der Waals surface area (Å²) in [5.41, 5.74) is 1.47. The van der Waals surface area contributed by atoms with Crippen LogP contribution in [0.25, 0.3) is 0 Å². The number of esters is 1. The van der Waals surface area contributed by atoms with Gasteiger partial charge in [-0.05, 0) is 24.2 Å². The topological polar surface area (TPSA) is 29.5 Å². The van der Waals surface area contributed by atoms with Crippen LogP contribution in [-0.4, -0.2) is 37.6 Å². The maximum absolute atomic E-state index is 11.6. The van der Waals surface area contributed by atoms with Gasteiger partial charge in [-0.2, -0.15) is 0 Å². The molecule has 0 saturated carbocycles. The average Bonchev–Trinajstić information content (AvgIpc) is 2.42. The van der Waals surface area contributed by atoms with Gasteiger partial charge in [-0.25, -0.2) is 0 Å². The van der Waals surface area contributed by atoms with Gasteiger partial charge in [0.2, 0.25) is 0 Å². The number of ether oxygens (including phenoxy) is 1. The highest BCUT2D eigenvalue weighted by Gasteiger charge is 2.29. The molecular weight excluding hydrogens is 262 g/mol. The molecule has 0 bridgehead atoms. The van der Waals surface area contributed by atoms with E-state index in [-0.39, 0.29) is 11.4 Å². The van der Waals surface area contributed by atoms with Crippen molar-refractivity contribution in [3.05, 3.63) is 36.5 Å². The Morgan fingerprint density at radius 3 is 2.90 bits per heavy atom. The van der Waals surface area contributed by atoms with Crippen molar-refractivity contribution in [1.82, 2.24) is 4.90 Å². The van der Waals surface area contributed by atoms with E-state index in [4.69, 9.17) is 4.74 Å². The van der Waals surface area contributed by atoms with Crippen LogP contribution < -0.4 is 0 Å². The highest BCUT2D eigenvalue weighted by atomic mass is 16.5. The Balaban J connectivity index is 2.86. The molecule has 1 aliphatic heterocycles. The van der Waals surface area contributed by atoms with E-state index < -0.39 is 0 Å². The maximum Gasteiger partial charge on any atom is 0.319 e. The second-order valence-corrected chi connectivity index (χ2v) is 6.48. The van der Waals surface area contributed by atoms with Crippen molar-refractivity contribution in [1.29, 1.82) is 0 Å². The van der Waals surface area contributed by atoms with Gasteiger partial charge in [-0.1, -0.05) is 50.6 Å². The largest absolute Gasteiger partial charge is 0.468 e. The average molecular weight is 291 g/mol. The van der Waals surface area contributed by atoms with E-state index in [2.05, 4.69) is 50.5 Å². The summed E-state index contributed by atoms with van der Waals surface area (Å²) in [6, 6.07) is 0. The normalized spacial score (nSPS) is 25.7. The van der Waals surface area contributed by atoms with Gasteiger partial charge in [0.15, 0.2) is 0 Å². The third kappa shape index (κ3) is 5.88. The lowest BCUT2D eigenvalue weighted by molar-refractivity contribution is -0.142. The number of nitrogens with zero attached hydrogens (tertiary/aromatic N) is 1. The van der Waals surface area contributed by atoms with Crippen LogP contribution >= 0.6 is 0 Å². The van der Waals surface area contributed by atoms with Gasteiger partial charge in [-0.15, -0.1) is 6.58 Å². The van der Waals surface area contributed by atoms with E-state index in [1.54, 1.807) is 0 Å². The molecule has 0 N–H and O–H groups in total. The predicted molar refractivity (Wildman–Crippen MR) is 88.1 cm³/mol. The number of carbonyl (C=O) groups excluding carboxylic acids is 1. The number of rotatable bonds is 5. The van der Waals surface area contributed by atoms with Crippen molar-refractivity contribution in [2.75, 3.05) is 26.7 Å². The highest BCUT2D eigenvalue weighted by Crippen LogP contribution is 2.32. The third-order valence-electron chi connectivity index (χ3n) is 4.26. The van der Waals surface area contributed by atoms with Crippen molar-refractivity contribution in [2.24, 2.45) is 11.3 Å². The van der Waals surface area contributed by atoms with E-state index in [1.165, 1.54) is 12.7 Å². The summed E-state index contributed by atoms with van der Waals surface area (Å²) in [6.07, 6.45) is 10.5. The monoisotopic (exact) mass is 291 g/mol. The molecule has 0 aliphatic carbocycles. The maximum atomic E-state index is 11.6. The molecule has 1 unspecified atom stereocenters. The number of allylic oxidation sites excluding steroid dienone is 4. The van der Waals surface area contributed by atoms with Gasteiger partial charge in [-0.3, -0.25) is 9.69 Å². The Morgan fingerprint density at radius 1 is 1.57 bits per heavy atom. The minimum atomic E-state index is -0.160. The summed E-state index contributed by atoms with van der Waals surface area (Å²) >= 11 is 0. The second kappa shape index (κ2) is 8.18. The molecule has 21 heavy (non-hydrogen) atoms. The molecule has 0 spiro atoms. The van der Waals surface area contributed by atoms with Crippen LogP contribution in [0.2, 0.25) is 0 Å². The molecule has 0 aromatic carbocycles. The number of hydrogen-bond donors (Lipinski definition) is 0. The predicted octanol–water partition coefficient (Wildman–Crippen LogP) is 3.59. The molecule has 0 amide bonds. The molecule has 1 rings (SSSR count). The zero-order valence-corrected chi connectivity index (χ0v) is 13.9. The zero-order chi connectivity index (χ0) is 15.9. The zero-order valence-electron chi connectivity index (χ0n) is 13.9. The van der Waals surface area contributed by atoms with Crippen LogP contribution in [0, 0.1) is 11.3 Å². The van der Waals surface area contributed by atoms with E-state index in [0.717, 1.165) is 25.9 Å². The molecule has 3 heteroatoms. The second-order valence-electron chi connectivity index (χ2n) is 6.48. The number of hydrogen-bond acceptors (Lipinski definition) is 3. The molecule has 0 saturated heterocycles. The molecule has 0 aromatic rings. The van der Waals surface area contributed by atoms with Gasteiger partial charge in [0.05, 0.1) is 13.7 Å². The summed E-state index contributed by atoms with van der Waals surface area (Å²) in [4.78, 5) is 13.8. The SMILES string of the molecule is C=CC/C=C\C1=C\C(C)C(C)(C)CN(CC(=O)OC)CC1. The van der Waals surface area contributed by atoms with E-state index in [9.17, 15) is 4.79 Å². The molecule has 1 heterocycles. The smallest absolute Gasteiger partial charge is 0.319 e. The van der Waals surface area contributed by atoms with E-state index >= 15 is 0 Å². The fraction of sp³-hybridized carbons (Fsp3) is 0.611. The van der Waals surface area contributed by atoms with Crippen LogP contribution in [0.15, 0.2) is 36.5 Å². The van der Waals surface area contributed by atoms with E-state index in [0.29, 0.717) is 12.5 Å². The first-order chi connectivity index (χ1) is 9.89. The Hall–Kier alpha value is -1.35. The van der Waals surface area contributed by atoms with Crippen molar-refractivity contribution < 1.29 is 9.53 Å². The molecular formula is C18H29NO2. The summed E-state index contributed by atoms with van der Waals surface area (Å²) in [5.74, 6) is 0.299. The van der Waals surface area contributed by atoms with Gasteiger partial charge < -0.3 is 4.74 Å². The summed E-state index contributed by atoms with van der Waals surface area (Å²) in [5, 5.41) is 0. The van der Waals surface area contributed by atoms with Gasteiger partial charge in [0.1, 0.15) is 0 Å². The quantitative estimate of drug-likeness (QED) is 0.573. The lowest BCUT2D eigenvalue weighted by Gasteiger charge is -2.38. The molecule has 0 radical (unpaired) electrons. The first-order valence-corrected chi connectivity index (χ1v) is 7.66. The molecule has 3 nitrogen and oxygen atoms in total. The Morgan fingerprint density at radius 2 is 2.29 bits per heavy atom. The van der Waals surface area contributed by atoms with Gasteiger partial charge >= 0.3 is 5.97 Å². The fourth-order valence-corrected chi connectivity index (χ4v) is 2.55. The minimum absolute atomic E-state index is 0.131.